The van der Waals surface area contributed by atoms with Crippen molar-refractivity contribution in [2.75, 3.05) is 5.32 Å². The molecule has 0 aliphatic carbocycles. The van der Waals surface area contributed by atoms with E-state index in [4.69, 9.17) is 4.42 Å². The van der Waals surface area contributed by atoms with Crippen LogP contribution in [0.4, 0.5) is 5.69 Å². The Bertz CT molecular complexity index is 1170. The first-order valence-corrected chi connectivity index (χ1v) is 10.2. The maximum atomic E-state index is 13.5. The van der Waals surface area contributed by atoms with Crippen LogP contribution in [0.2, 0.25) is 0 Å². The van der Waals surface area contributed by atoms with E-state index in [0.717, 1.165) is 35.2 Å². The Morgan fingerprint density at radius 2 is 1.74 bits per heavy atom. The molecule has 1 amide bonds. The lowest BCUT2D eigenvalue weighted by Crippen LogP contribution is -2.21. The SMILES string of the molecule is CCc1cccc(CC)c1NC(=O)/C(=C\c1ccco1)n1nnnc1-c1ccccc1. The number of rotatable bonds is 7. The van der Waals surface area contributed by atoms with Crippen LogP contribution in [-0.4, -0.2) is 26.1 Å². The van der Waals surface area contributed by atoms with Gasteiger partial charge < -0.3 is 9.73 Å². The van der Waals surface area contributed by atoms with Gasteiger partial charge in [0.05, 0.1) is 6.26 Å². The van der Waals surface area contributed by atoms with E-state index < -0.39 is 0 Å². The van der Waals surface area contributed by atoms with Crippen LogP contribution >= 0.6 is 0 Å². The molecule has 0 atom stereocenters. The molecule has 2 aromatic heterocycles. The van der Waals surface area contributed by atoms with Crippen LogP contribution in [0.25, 0.3) is 23.2 Å². The Hall–Kier alpha value is -4.00. The van der Waals surface area contributed by atoms with Gasteiger partial charge in [0.25, 0.3) is 5.91 Å². The summed E-state index contributed by atoms with van der Waals surface area (Å²) >= 11 is 0. The minimum Gasteiger partial charge on any atom is -0.465 e. The number of carbonyl (C=O) groups excluding carboxylic acids is 1. The van der Waals surface area contributed by atoms with Crippen LogP contribution in [0.3, 0.4) is 0 Å². The fourth-order valence-corrected chi connectivity index (χ4v) is 3.43. The number of aromatic nitrogens is 4. The third kappa shape index (κ3) is 4.30. The summed E-state index contributed by atoms with van der Waals surface area (Å²) in [5, 5.41) is 15.2. The number of hydrogen-bond donors (Lipinski definition) is 1. The van der Waals surface area contributed by atoms with E-state index in [2.05, 4.69) is 34.7 Å². The highest BCUT2D eigenvalue weighted by molar-refractivity contribution is 6.24. The number of aryl methyl sites for hydroxylation is 2. The Morgan fingerprint density at radius 3 is 2.39 bits per heavy atom. The van der Waals surface area contributed by atoms with Crippen molar-refractivity contribution in [1.82, 2.24) is 20.2 Å². The zero-order valence-corrected chi connectivity index (χ0v) is 17.4. The average Bonchev–Trinajstić information content (AvgIpc) is 3.50. The van der Waals surface area contributed by atoms with E-state index in [9.17, 15) is 4.79 Å². The summed E-state index contributed by atoms with van der Waals surface area (Å²) in [6, 6.07) is 19.1. The van der Waals surface area contributed by atoms with Gasteiger partial charge in [-0.05, 0) is 46.5 Å². The molecule has 1 N–H and O–H groups in total. The molecule has 156 valence electrons. The molecule has 0 spiro atoms. The Balaban J connectivity index is 1.79. The Morgan fingerprint density at radius 1 is 1.00 bits per heavy atom. The van der Waals surface area contributed by atoms with Gasteiger partial charge in [-0.1, -0.05) is 62.4 Å². The first-order valence-electron chi connectivity index (χ1n) is 10.2. The number of hydrogen-bond acceptors (Lipinski definition) is 5. The van der Waals surface area contributed by atoms with Crippen LogP contribution in [0.1, 0.15) is 30.7 Å². The van der Waals surface area contributed by atoms with Gasteiger partial charge in [-0.25, -0.2) is 0 Å². The average molecular weight is 413 g/mol. The molecule has 31 heavy (non-hydrogen) atoms. The van der Waals surface area contributed by atoms with E-state index >= 15 is 0 Å². The fraction of sp³-hybridized carbons (Fsp3) is 0.167. The van der Waals surface area contributed by atoms with Crippen LogP contribution in [0, 0.1) is 0 Å². The smallest absolute Gasteiger partial charge is 0.274 e. The summed E-state index contributed by atoms with van der Waals surface area (Å²) in [6.07, 6.45) is 4.81. The van der Waals surface area contributed by atoms with Crippen LogP contribution < -0.4 is 5.32 Å². The molecule has 4 aromatic rings. The molecule has 0 saturated carbocycles. The van der Waals surface area contributed by atoms with E-state index in [0.29, 0.717) is 11.6 Å². The molecule has 0 aliphatic heterocycles. The molecule has 7 nitrogen and oxygen atoms in total. The van der Waals surface area contributed by atoms with Gasteiger partial charge in [-0.2, -0.15) is 4.68 Å². The lowest BCUT2D eigenvalue weighted by atomic mass is 10.0. The second-order valence-electron chi connectivity index (χ2n) is 6.94. The maximum absolute atomic E-state index is 13.5. The zero-order chi connectivity index (χ0) is 21.6. The van der Waals surface area contributed by atoms with E-state index in [1.807, 2.05) is 48.5 Å². The molecule has 2 aromatic carbocycles. The van der Waals surface area contributed by atoms with Gasteiger partial charge in [-0.3, -0.25) is 4.79 Å². The fourth-order valence-electron chi connectivity index (χ4n) is 3.43. The summed E-state index contributed by atoms with van der Waals surface area (Å²) in [6.45, 7) is 4.14. The van der Waals surface area contributed by atoms with Crippen molar-refractivity contribution in [2.24, 2.45) is 0 Å². The van der Waals surface area contributed by atoms with Gasteiger partial charge in [0.1, 0.15) is 11.5 Å². The molecule has 4 rings (SSSR count). The molecule has 0 fully saturated rings. The van der Waals surface area contributed by atoms with Crippen molar-refractivity contribution in [3.63, 3.8) is 0 Å². The van der Waals surface area contributed by atoms with Crippen molar-refractivity contribution < 1.29 is 9.21 Å². The minimum atomic E-state index is -0.323. The number of tetrazole rings is 1. The van der Waals surface area contributed by atoms with Gasteiger partial charge >= 0.3 is 0 Å². The Labute approximate surface area is 180 Å². The Kier molecular flexibility index (Phi) is 6.03. The highest BCUT2D eigenvalue weighted by Gasteiger charge is 2.21. The van der Waals surface area contributed by atoms with E-state index in [1.165, 1.54) is 4.68 Å². The first-order chi connectivity index (χ1) is 15.2. The number of nitrogens with one attached hydrogen (secondary N) is 1. The highest BCUT2D eigenvalue weighted by atomic mass is 16.3. The second kappa shape index (κ2) is 9.21. The lowest BCUT2D eigenvalue weighted by Gasteiger charge is -2.16. The van der Waals surface area contributed by atoms with Crippen molar-refractivity contribution in [3.8, 4) is 11.4 Å². The summed E-state index contributed by atoms with van der Waals surface area (Å²) in [5.74, 6) is 0.670. The number of nitrogens with zero attached hydrogens (tertiary/aromatic N) is 4. The zero-order valence-electron chi connectivity index (χ0n) is 17.4. The largest absolute Gasteiger partial charge is 0.465 e. The molecule has 2 heterocycles. The molecule has 7 heteroatoms. The monoisotopic (exact) mass is 413 g/mol. The van der Waals surface area contributed by atoms with Gasteiger partial charge in [0.15, 0.2) is 5.82 Å². The molecule has 0 bridgehead atoms. The molecule has 0 radical (unpaired) electrons. The quantitative estimate of drug-likeness (QED) is 0.444. The lowest BCUT2D eigenvalue weighted by molar-refractivity contribution is -0.111. The van der Waals surface area contributed by atoms with E-state index in [1.54, 1.807) is 24.5 Å². The number of benzene rings is 2. The van der Waals surface area contributed by atoms with Gasteiger partial charge in [-0.15, -0.1) is 5.10 Å². The maximum Gasteiger partial charge on any atom is 0.274 e. The standard InChI is InChI=1S/C24H23N5O2/c1-3-17-12-8-13-18(4-2)22(17)25-24(30)21(16-20-14-9-15-31-20)29-23(26-27-28-29)19-10-6-5-7-11-19/h5-16H,3-4H2,1-2H3,(H,25,30)/b21-16+. The summed E-state index contributed by atoms with van der Waals surface area (Å²) in [5.41, 5.74) is 4.04. The molecule has 0 aliphatic rings. The van der Waals surface area contributed by atoms with Crippen molar-refractivity contribution in [3.05, 3.63) is 83.8 Å². The normalized spacial score (nSPS) is 11.5. The molecule has 0 unspecified atom stereocenters. The molecular formula is C24H23N5O2. The van der Waals surface area contributed by atoms with Crippen LogP contribution in [-0.2, 0) is 17.6 Å². The highest BCUT2D eigenvalue weighted by Crippen LogP contribution is 2.26. The van der Waals surface area contributed by atoms with Crippen molar-refractivity contribution in [2.45, 2.75) is 26.7 Å². The predicted molar refractivity (Wildman–Crippen MR) is 120 cm³/mol. The van der Waals surface area contributed by atoms with Gasteiger partial charge in [0.2, 0.25) is 0 Å². The number of amides is 1. The number of anilines is 1. The van der Waals surface area contributed by atoms with Gasteiger partial charge in [0, 0.05) is 17.3 Å². The minimum absolute atomic E-state index is 0.256. The topological polar surface area (TPSA) is 85.8 Å². The summed E-state index contributed by atoms with van der Waals surface area (Å²) < 4.78 is 6.90. The number of furan rings is 1. The second-order valence-corrected chi connectivity index (χ2v) is 6.94. The number of para-hydroxylation sites is 1. The van der Waals surface area contributed by atoms with Crippen LogP contribution in [0.5, 0.6) is 0 Å². The summed E-state index contributed by atoms with van der Waals surface area (Å²) in [7, 11) is 0. The summed E-state index contributed by atoms with van der Waals surface area (Å²) in [4.78, 5) is 13.5. The third-order valence-corrected chi connectivity index (χ3v) is 5.02. The molecular weight excluding hydrogens is 390 g/mol. The first kappa shape index (κ1) is 20.3. The third-order valence-electron chi connectivity index (χ3n) is 5.02. The number of carbonyl (C=O) groups is 1. The van der Waals surface area contributed by atoms with Crippen molar-refractivity contribution >= 4 is 23.4 Å². The van der Waals surface area contributed by atoms with E-state index in [-0.39, 0.29) is 11.6 Å². The van der Waals surface area contributed by atoms with Crippen molar-refractivity contribution in [1.29, 1.82) is 0 Å². The molecule has 0 saturated heterocycles. The predicted octanol–water partition coefficient (Wildman–Crippen LogP) is 4.69. The van der Waals surface area contributed by atoms with Crippen LogP contribution in [0.15, 0.2) is 71.3 Å².